The van der Waals surface area contributed by atoms with Crippen molar-refractivity contribution in [2.45, 2.75) is 18.4 Å². The predicted octanol–water partition coefficient (Wildman–Crippen LogP) is 1.70. The summed E-state index contributed by atoms with van der Waals surface area (Å²) in [4.78, 5) is 11.0. The Bertz CT molecular complexity index is 786. The van der Waals surface area contributed by atoms with Crippen LogP contribution in [0.25, 0.3) is 0 Å². The molecule has 0 saturated heterocycles. The zero-order valence-electron chi connectivity index (χ0n) is 12.4. The summed E-state index contributed by atoms with van der Waals surface area (Å²) in [6.45, 7) is 1.18. The highest BCUT2D eigenvalue weighted by molar-refractivity contribution is 9.10. The number of carbonyl (C=O) groups is 1. The molecule has 7 heteroatoms. The van der Waals surface area contributed by atoms with Crippen LogP contribution in [0.3, 0.4) is 0 Å². The molecule has 0 radical (unpaired) electrons. The predicted molar refractivity (Wildman–Crippen MR) is 87.9 cm³/mol. The van der Waals surface area contributed by atoms with Gasteiger partial charge in [0.15, 0.2) is 0 Å². The van der Waals surface area contributed by atoms with E-state index in [0.717, 1.165) is 14.3 Å². The summed E-state index contributed by atoms with van der Waals surface area (Å²) in [6.07, 6.45) is 0. The van der Waals surface area contributed by atoms with E-state index in [4.69, 9.17) is 0 Å². The summed E-state index contributed by atoms with van der Waals surface area (Å²) in [5.74, 6) is -1.45. The van der Waals surface area contributed by atoms with Gasteiger partial charge in [-0.1, -0.05) is 45.8 Å². The van der Waals surface area contributed by atoms with Crippen molar-refractivity contribution in [2.75, 3.05) is 6.54 Å². The molecule has 0 N–H and O–H groups in total. The van der Waals surface area contributed by atoms with E-state index in [-0.39, 0.29) is 11.4 Å². The summed E-state index contributed by atoms with van der Waals surface area (Å²) < 4.78 is 27.0. The Morgan fingerprint density at radius 1 is 1.09 bits per heavy atom. The van der Waals surface area contributed by atoms with Crippen LogP contribution in [-0.4, -0.2) is 25.2 Å². The Kier molecular flexibility index (Phi) is 5.56. The Hall–Kier alpha value is -1.70. The number of halogens is 1. The SMILES string of the molecule is Cc1ccc(CN(CC(=O)[O-])S(=O)(=O)c2ccc(Br)cc2)cc1. The second-order valence-electron chi connectivity index (χ2n) is 5.08. The monoisotopic (exact) mass is 396 g/mol. The highest BCUT2D eigenvalue weighted by Gasteiger charge is 2.24. The third-order valence-electron chi connectivity index (χ3n) is 3.24. The lowest BCUT2D eigenvalue weighted by Gasteiger charge is -2.23. The summed E-state index contributed by atoms with van der Waals surface area (Å²) in [7, 11) is -3.93. The second kappa shape index (κ2) is 7.25. The normalized spacial score (nSPS) is 11.6. The molecule has 0 heterocycles. The van der Waals surface area contributed by atoms with Crippen LogP contribution in [0.15, 0.2) is 57.9 Å². The molecule has 122 valence electrons. The van der Waals surface area contributed by atoms with Crippen molar-refractivity contribution in [3.8, 4) is 0 Å². The van der Waals surface area contributed by atoms with Crippen LogP contribution in [0.2, 0.25) is 0 Å². The average molecular weight is 397 g/mol. The largest absolute Gasteiger partial charge is 0.549 e. The summed E-state index contributed by atoms with van der Waals surface area (Å²) in [5, 5.41) is 11.0. The van der Waals surface area contributed by atoms with Crippen molar-refractivity contribution in [3.05, 3.63) is 64.1 Å². The minimum Gasteiger partial charge on any atom is -0.549 e. The minimum atomic E-state index is -3.93. The number of aliphatic carboxylic acids is 1. The van der Waals surface area contributed by atoms with Crippen molar-refractivity contribution < 1.29 is 18.3 Å². The van der Waals surface area contributed by atoms with E-state index in [9.17, 15) is 18.3 Å². The third-order valence-corrected chi connectivity index (χ3v) is 5.57. The zero-order chi connectivity index (χ0) is 17.0. The number of sulfonamides is 1. The van der Waals surface area contributed by atoms with Gasteiger partial charge in [-0.05, 0) is 36.8 Å². The first-order valence-electron chi connectivity index (χ1n) is 6.80. The van der Waals surface area contributed by atoms with Gasteiger partial charge in [0.1, 0.15) is 0 Å². The van der Waals surface area contributed by atoms with Gasteiger partial charge in [0.05, 0.1) is 17.4 Å². The second-order valence-corrected chi connectivity index (χ2v) is 7.94. The molecule has 0 atom stereocenters. The quantitative estimate of drug-likeness (QED) is 0.744. The molecule has 2 rings (SSSR count). The molecule has 0 fully saturated rings. The van der Waals surface area contributed by atoms with Crippen LogP contribution < -0.4 is 5.11 Å². The van der Waals surface area contributed by atoms with E-state index in [2.05, 4.69) is 15.9 Å². The molecule has 0 saturated carbocycles. The Morgan fingerprint density at radius 3 is 2.17 bits per heavy atom. The van der Waals surface area contributed by atoms with E-state index in [0.29, 0.717) is 5.56 Å². The molecule has 0 aliphatic carbocycles. The first-order valence-corrected chi connectivity index (χ1v) is 9.03. The molecule has 2 aromatic carbocycles. The molecule has 0 bridgehead atoms. The number of carboxylic acids is 1. The van der Waals surface area contributed by atoms with Gasteiger partial charge < -0.3 is 9.90 Å². The number of rotatable bonds is 6. The van der Waals surface area contributed by atoms with Crippen molar-refractivity contribution in [1.29, 1.82) is 0 Å². The molecule has 2 aromatic rings. The molecule has 0 aliphatic rings. The number of hydrogen-bond donors (Lipinski definition) is 0. The molecule has 23 heavy (non-hydrogen) atoms. The fraction of sp³-hybridized carbons (Fsp3) is 0.188. The van der Waals surface area contributed by atoms with Crippen LogP contribution >= 0.6 is 15.9 Å². The van der Waals surface area contributed by atoms with E-state index in [1.807, 2.05) is 19.1 Å². The summed E-state index contributed by atoms with van der Waals surface area (Å²) >= 11 is 3.24. The molecule has 0 spiro atoms. The van der Waals surface area contributed by atoms with E-state index >= 15 is 0 Å². The number of nitrogens with zero attached hydrogens (tertiary/aromatic N) is 1. The van der Waals surface area contributed by atoms with Gasteiger partial charge in [-0.2, -0.15) is 4.31 Å². The number of aryl methyl sites for hydroxylation is 1. The summed E-state index contributed by atoms with van der Waals surface area (Å²) in [6, 6.07) is 13.3. The Morgan fingerprint density at radius 2 is 1.65 bits per heavy atom. The lowest BCUT2D eigenvalue weighted by Crippen LogP contribution is -2.41. The fourth-order valence-electron chi connectivity index (χ4n) is 2.02. The minimum absolute atomic E-state index is 0.0351. The lowest BCUT2D eigenvalue weighted by molar-refractivity contribution is -0.305. The standard InChI is InChI=1S/C16H16BrNO4S/c1-12-2-4-13(5-3-12)10-18(11-16(19)20)23(21,22)15-8-6-14(17)7-9-15/h2-9H,10-11H2,1H3,(H,19,20)/p-1. The van der Waals surface area contributed by atoms with Crippen molar-refractivity contribution in [2.24, 2.45) is 0 Å². The highest BCUT2D eigenvalue weighted by atomic mass is 79.9. The van der Waals surface area contributed by atoms with Gasteiger partial charge in [0.2, 0.25) is 10.0 Å². The Balaban J connectivity index is 2.34. The van der Waals surface area contributed by atoms with Gasteiger partial charge in [0, 0.05) is 11.0 Å². The van der Waals surface area contributed by atoms with Gasteiger partial charge in [-0.3, -0.25) is 0 Å². The molecule has 0 aliphatic heterocycles. The number of benzene rings is 2. The van der Waals surface area contributed by atoms with Gasteiger partial charge >= 0.3 is 0 Å². The van der Waals surface area contributed by atoms with Crippen LogP contribution in [0, 0.1) is 6.92 Å². The van der Waals surface area contributed by atoms with Crippen molar-refractivity contribution >= 4 is 31.9 Å². The van der Waals surface area contributed by atoms with Gasteiger partial charge in [-0.25, -0.2) is 8.42 Å². The van der Waals surface area contributed by atoms with E-state index in [1.54, 1.807) is 24.3 Å². The molecule has 0 aromatic heterocycles. The Labute approximate surface area is 143 Å². The van der Waals surface area contributed by atoms with Crippen molar-refractivity contribution in [3.63, 3.8) is 0 Å². The van der Waals surface area contributed by atoms with Crippen LogP contribution in [0.4, 0.5) is 0 Å². The molecular weight excluding hydrogens is 382 g/mol. The third kappa shape index (κ3) is 4.63. The molecule has 0 unspecified atom stereocenters. The molecular formula is C16H15BrNO4S-. The first-order chi connectivity index (χ1) is 10.8. The number of carboxylic acid groups (broad SMARTS) is 1. The maximum absolute atomic E-state index is 12.7. The van der Waals surface area contributed by atoms with E-state index in [1.165, 1.54) is 12.1 Å². The lowest BCUT2D eigenvalue weighted by atomic mass is 10.1. The zero-order valence-corrected chi connectivity index (χ0v) is 14.8. The maximum atomic E-state index is 12.7. The average Bonchev–Trinajstić information content (AvgIpc) is 2.49. The van der Waals surface area contributed by atoms with E-state index < -0.39 is 22.5 Å². The van der Waals surface area contributed by atoms with Crippen LogP contribution in [-0.2, 0) is 21.4 Å². The van der Waals surface area contributed by atoms with Gasteiger partial charge in [0.25, 0.3) is 0 Å². The van der Waals surface area contributed by atoms with Crippen LogP contribution in [0.1, 0.15) is 11.1 Å². The number of hydrogen-bond acceptors (Lipinski definition) is 4. The summed E-state index contributed by atoms with van der Waals surface area (Å²) in [5.41, 5.74) is 1.74. The molecule has 0 amide bonds. The first kappa shape index (κ1) is 17.7. The maximum Gasteiger partial charge on any atom is 0.243 e. The topological polar surface area (TPSA) is 77.5 Å². The fourth-order valence-corrected chi connectivity index (χ4v) is 3.66. The smallest absolute Gasteiger partial charge is 0.243 e. The van der Waals surface area contributed by atoms with Crippen LogP contribution in [0.5, 0.6) is 0 Å². The van der Waals surface area contributed by atoms with Gasteiger partial charge in [-0.15, -0.1) is 0 Å². The van der Waals surface area contributed by atoms with Crippen molar-refractivity contribution in [1.82, 2.24) is 4.31 Å². The molecule has 5 nitrogen and oxygen atoms in total. The number of carbonyl (C=O) groups excluding carboxylic acids is 1. The highest BCUT2D eigenvalue weighted by Crippen LogP contribution is 2.20.